The first-order chi connectivity index (χ1) is 9.65. The zero-order valence-electron chi connectivity index (χ0n) is 11.4. The Balaban J connectivity index is 1.96. The lowest BCUT2D eigenvalue weighted by Crippen LogP contribution is -2.21. The summed E-state index contributed by atoms with van der Waals surface area (Å²) in [7, 11) is 3.50. The van der Waals surface area contributed by atoms with Crippen molar-refractivity contribution in [3.8, 4) is 11.3 Å². The molecule has 1 aromatic carbocycles. The molecule has 0 aliphatic carbocycles. The molecule has 0 spiro atoms. The van der Waals surface area contributed by atoms with Gasteiger partial charge in [-0.3, -0.25) is 4.79 Å². The maximum atomic E-state index is 11.8. The SMILES string of the molecule is CN(C)C(=O)c1ccc(-c2ccc3[nH]ccc3n2)cc1. The minimum Gasteiger partial charge on any atom is -0.360 e. The molecule has 2 heterocycles. The van der Waals surface area contributed by atoms with Gasteiger partial charge in [0.05, 0.1) is 16.7 Å². The zero-order chi connectivity index (χ0) is 14.1. The van der Waals surface area contributed by atoms with Gasteiger partial charge in [0.15, 0.2) is 0 Å². The van der Waals surface area contributed by atoms with Crippen LogP contribution in [0.15, 0.2) is 48.7 Å². The lowest BCUT2D eigenvalue weighted by molar-refractivity contribution is 0.0827. The van der Waals surface area contributed by atoms with Crippen molar-refractivity contribution in [2.45, 2.75) is 0 Å². The predicted octanol–water partition coefficient (Wildman–Crippen LogP) is 2.93. The van der Waals surface area contributed by atoms with E-state index in [0.29, 0.717) is 5.56 Å². The number of aromatic nitrogens is 2. The van der Waals surface area contributed by atoms with Crippen LogP contribution in [-0.4, -0.2) is 34.9 Å². The van der Waals surface area contributed by atoms with Gasteiger partial charge >= 0.3 is 0 Å². The van der Waals surface area contributed by atoms with Gasteiger partial charge in [0, 0.05) is 31.4 Å². The molecule has 0 aliphatic heterocycles. The molecule has 0 radical (unpaired) electrons. The Bertz CT molecular complexity index is 757. The predicted molar refractivity (Wildman–Crippen MR) is 79.5 cm³/mol. The molecule has 2 aromatic heterocycles. The molecular weight excluding hydrogens is 250 g/mol. The summed E-state index contributed by atoms with van der Waals surface area (Å²) >= 11 is 0. The molecule has 20 heavy (non-hydrogen) atoms. The quantitative estimate of drug-likeness (QED) is 0.774. The molecule has 1 N–H and O–H groups in total. The van der Waals surface area contributed by atoms with Crippen LogP contribution in [0.1, 0.15) is 10.4 Å². The minimum absolute atomic E-state index is 0.00518. The summed E-state index contributed by atoms with van der Waals surface area (Å²) in [5.74, 6) is 0.00518. The second-order valence-corrected chi connectivity index (χ2v) is 4.88. The average Bonchev–Trinajstić information content (AvgIpc) is 2.94. The number of pyridine rings is 1. The van der Waals surface area contributed by atoms with Gasteiger partial charge in [-0.1, -0.05) is 12.1 Å². The summed E-state index contributed by atoms with van der Waals surface area (Å²) in [4.78, 5) is 21.1. The molecule has 0 saturated carbocycles. The molecule has 3 aromatic rings. The number of benzene rings is 1. The first-order valence-corrected chi connectivity index (χ1v) is 6.41. The van der Waals surface area contributed by atoms with Crippen molar-refractivity contribution in [1.29, 1.82) is 0 Å². The second-order valence-electron chi connectivity index (χ2n) is 4.88. The first kappa shape index (κ1) is 12.4. The van der Waals surface area contributed by atoms with Gasteiger partial charge in [-0.25, -0.2) is 4.98 Å². The van der Waals surface area contributed by atoms with E-state index in [1.807, 2.05) is 48.7 Å². The molecular formula is C16H15N3O. The first-order valence-electron chi connectivity index (χ1n) is 6.41. The highest BCUT2D eigenvalue weighted by molar-refractivity contribution is 5.94. The van der Waals surface area contributed by atoms with Crippen molar-refractivity contribution in [2.24, 2.45) is 0 Å². The van der Waals surface area contributed by atoms with Gasteiger partial charge in [0.25, 0.3) is 5.91 Å². The van der Waals surface area contributed by atoms with Crippen molar-refractivity contribution in [3.63, 3.8) is 0 Å². The Labute approximate surface area is 117 Å². The van der Waals surface area contributed by atoms with Gasteiger partial charge in [0.1, 0.15) is 0 Å². The van der Waals surface area contributed by atoms with Crippen molar-refractivity contribution in [3.05, 3.63) is 54.2 Å². The number of fused-ring (bicyclic) bond motifs is 1. The third-order valence-corrected chi connectivity index (χ3v) is 3.24. The minimum atomic E-state index is 0.00518. The molecule has 4 heteroatoms. The molecule has 0 atom stereocenters. The maximum Gasteiger partial charge on any atom is 0.253 e. The lowest BCUT2D eigenvalue weighted by Gasteiger charge is -2.10. The zero-order valence-corrected chi connectivity index (χ0v) is 11.4. The Morgan fingerprint density at radius 2 is 1.80 bits per heavy atom. The number of hydrogen-bond acceptors (Lipinski definition) is 2. The number of carbonyl (C=O) groups is 1. The van der Waals surface area contributed by atoms with E-state index < -0.39 is 0 Å². The number of amides is 1. The molecule has 0 aliphatic rings. The van der Waals surface area contributed by atoms with E-state index in [2.05, 4.69) is 9.97 Å². The standard InChI is InChI=1S/C16H15N3O/c1-19(2)16(20)12-5-3-11(4-6-12)13-7-8-14-15(18-13)9-10-17-14/h3-10,17H,1-2H3. The number of nitrogens with zero attached hydrogens (tertiary/aromatic N) is 2. The summed E-state index contributed by atoms with van der Waals surface area (Å²) in [6, 6.07) is 13.5. The van der Waals surface area contributed by atoms with Gasteiger partial charge in [-0.2, -0.15) is 0 Å². The summed E-state index contributed by atoms with van der Waals surface area (Å²) in [5.41, 5.74) is 4.55. The van der Waals surface area contributed by atoms with Crippen molar-refractivity contribution >= 4 is 16.9 Å². The van der Waals surface area contributed by atoms with E-state index in [1.165, 1.54) is 0 Å². The van der Waals surface area contributed by atoms with Gasteiger partial charge in [-0.15, -0.1) is 0 Å². The van der Waals surface area contributed by atoms with Crippen LogP contribution in [0.3, 0.4) is 0 Å². The van der Waals surface area contributed by atoms with Gasteiger partial charge in [-0.05, 0) is 30.3 Å². The molecule has 3 rings (SSSR count). The molecule has 0 saturated heterocycles. The van der Waals surface area contributed by atoms with E-state index in [1.54, 1.807) is 19.0 Å². The normalized spacial score (nSPS) is 10.7. The second kappa shape index (κ2) is 4.81. The number of rotatable bonds is 2. The Hall–Kier alpha value is -2.62. The fraction of sp³-hybridized carbons (Fsp3) is 0.125. The van der Waals surface area contributed by atoms with E-state index >= 15 is 0 Å². The monoisotopic (exact) mass is 265 g/mol. The summed E-state index contributed by atoms with van der Waals surface area (Å²) in [6.07, 6.45) is 1.88. The molecule has 0 unspecified atom stereocenters. The van der Waals surface area contributed by atoms with E-state index in [4.69, 9.17) is 0 Å². The summed E-state index contributed by atoms with van der Waals surface area (Å²) in [6.45, 7) is 0. The third-order valence-electron chi connectivity index (χ3n) is 3.24. The van der Waals surface area contributed by atoms with Gasteiger partial charge in [0.2, 0.25) is 0 Å². The van der Waals surface area contributed by atoms with Crippen LogP contribution < -0.4 is 0 Å². The number of nitrogens with one attached hydrogen (secondary N) is 1. The Morgan fingerprint density at radius 1 is 1.05 bits per heavy atom. The van der Waals surface area contributed by atoms with Gasteiger partial charge < -0.3 is 9.88 Å². The third kappa shape index (κ3) is 2.16. The summed E-state index contributed by atoms with van der Waals surface area (Å²) in [5, 5.41) is 0. The van der Waals surface area contributed by atoms with Crippen molar-refractivity contribution in [2.75, 3.05) is 14.1 Å². The van der Waals surface area contributed by atoms with Crippen LogP contribution in [0.5, 0.6) is 0 Å². The van der Waals surface area contributed by atoms with E-state index in [0.717, 1.165) is 22.3 Å². The molecule has 0 bridgehead atoms. The number of H-pyrrole nitrogens is 1. The molecule has 4 nitrogen and oxygen atoms in total. The van der Waals surface area contributed by atoms with Crippen LogP contribution >= 0.6 is 0 Å². The van der Waals surface area contributed by atoms with E-state index in [9.17, 15) is 4.79 Å². The molecule has 1 amide bonds. The fourth-order valence-corrected chi connectivity index (χ4v) is 2.14. The highest BCUT2D eigenvalue weighted by Gasteiger charge is 2.08. The Morgan fingerprint density at radius 3 is 2.50 bits per heavy atom. The van der Waals surface area contributed by atoms with Crippen LogP contribution in [0, 0.1) is 0 Å². The summed E-state index contributed by atoms with van der Waals surface area (Å²) < 4.78 is 0. The largest absolute Gasteiger partial charge is 0.360 e. The maximum absolute atomic E-state index is 11.8. The van der Waals surface area contributed by atoms with Crippen LogP contribution in [0.4, 0.5) is 0 Å². The number of hydrogen-bond donors (Lipinski definition) is 1. The van der Waals surface area contributed by atoms with Crippen LogP contribution in [0.2, 0.25) is 0 Å². The average molecular weight is 265 g/mol. The van der Waals surface area contributed by atoms with Crippen LogP contribution in [-0.2, 0) is 0 Å². The van der Waals surface area contributed by atoms with E-state index in [-0.39, 0.29) is 5.91 Å². The highest BCUT2D eigenvalue weighted by atomic mass is 16.2. The number of carbonyl (C=O) groups excluding carboxylic acids is 1. The fourth-order valence-electron chi connectivity index (χ4n) is 2.14. The number of aromatic amines is 1. The topological polar surface area (TPSA) is 49.0 Å². The molecule has 100 valence electrons. The molecule has 0 fully saturated rings. The van der Waals surface area contributed by atoms with Crippen molar-refractivity contribution in [1.82, 2.24) is 14.9 Å². The smallest absolute Gasteiger partial charge is 0.253 e. The Kier molecular flexibility index (Phi) is 2.99. The highest BCUT2D eigenvalue weighted by Crippen LogP contribution is 2.21. The lowest BCUT2D eigenvalue weighted by atomic mass is 10.1. The van der Waals surface area contributed by atoms with Crippen molar-refractivity contribution < 1.29 is 4.79 Å². The van der Waals surface area contributed by atoms with Crippen LogP contribution in [0.25, 0.3) is 22.3 Å².